The molecule has 0 saturated carbocycles. The Bertz CT molecular complexity index is 3570. The van der Waals surface area contributed by atoms with Crippen LogP contribution >= 0.6 is 0 Å². The molecule has 0 fully saturated rings. The summed E-state index contributed by atoms with van der Waals surface area (Å²) in [5.41, 5.74) is 14.8. The first-order valence-corrected chi connectivity index (χ1v) is 21.5. The summed E-state index contributed by atoms with van der Waals surface area (Å²) in [5, 5.41) is 12.6. The zero-order chi connectivity index (χ0) is 41.0. The summed E-state index contributed by atoms with van der Waals surface area (Å²) in [6, 6.07) is 89.3. The molecule has 0 unspecified atom stereocenters. The van der Waals surface area contributed by atoms with Crippen molar-refractivity contribution in [3.05, 3.63) is 243 Å². The highest BCUT2D eigenvalue weighted by Crippen LogP contribution is 2.46. The molecule has 0 radical (unpaired) electrons. The van der Waals surface area contributed by atoms with Crippen LogP contribution in [0.1, 0.15) is 0 Å². The maximum absolute atomic E-state index is 2.38. The summed E-state index contributed by atoms with van der Waals surface area (Å²) in [5.74, 6) is 0. The van der Waals surface area contributed by atoms with Crippen LogP contribution in [0.3, 0.4) is 0 Å². The topological polar surface area (TPSA) is 0 Å². The van der Waals surface area contributed by atoms with Crippen molar-refractivity contribution >= 4 is 53.9 Å². The minimum atomic E-state index is 1.19. The molecule has 0 heteroatoms. The summed E-state index contributed by atoms with van der Waals surface area (Å²) >= 11 is 0. The minimum absolute atomic E-state index is 1.19. The average Bonchev–Trinajstić information content (AvgIpc) is 3.35. The molecule has 12 aromatic carbocycles. The molecule has 0 aliphatic heterocycles. The van der Waals surface area contributed by atoms with Crippen molar-refractivity contribution in [2.24, 2.45) is 0 Å². The molecule has 0 heterocycles. The molecule has 0 atom stereocenters. The average molecular weight is 785 g/mol. The zero-order valence-electron chi connectivity index (χ0n) is 34.1. The molecule has 12 aromatic rings. The van der Waals surface area contributed by atoms with Gasteiger partial charge in [-0.25, -0.2) is 0 Å². The van der Waals surface area contributed by atoms with Crippen molar-refractivity contribution < 1.29 is 0 Å². The zero-order valence-corrected chi connectivity index (χ0v) is 34.1. The molecular formula is C62H40. The number of fused-ring (bicyclic) bond motifs is 5. The van der Waals surface area contributed by atoms with E-state index in [1.54, 1.807) is 0 Å². The summed E-state index contributed by atoms with van der Waals surface area (Å²) in [4.78, 5) is 0. The van der Waals surface area contributed by atoms with Crippen molar-refractivity contribution in [2.75, 3.05) is 0 Å². The Hall–Kier alpha value is -8.06. The third-order valence-electron chi connectivity index (χ3n) is 12.8. The van der Waals surface area contributed by atoms with Gasteiger partial charge >= 0.3 is 0 Å². The predicted octanol–water partition coefficient (Wildman–Crippen LogP) is 17.5. The molecule has 0 saturated heterocycles. The fourth-order valence-corrected chi connectivity index (χ4v) is 10.0. The normalized spacial score (nSPS) is 11.5. The molecule has 0 spiro atoms. The highest BCUT2D eigenvalue weighted by Gasteiger charge is 2.19. The lowest BCUT2D eigenvalue weighted by Gasteiger charge is -2.18. The molecule has 0 amide bonds. The van der Waals surface area contributed by atoms with Crippen LogP contribution in [-0.2, 0) is 0 Å². The van der Waals surface area contributed by atoms with Gasteiger partial charge in [-0.2, -0.15) is 0 Å². The monoisotopic (exact) mass is 784 g/mol. The number of hydrogen-bond acceptors (Lipinski definition) is 0. The van der Waals surface area contributed by atoms with E-state index < -0.39 is 0 Å². The quantitative estimate of drug-likeness (QED) is 0.147. The van der Waals surface area contributed by atoms with Gasteiger partial charge in [-0.1, -0.05) is 218 Å². The SMILES string of the molecule is c1ccc(-c2c3ccccc3c(-c3cccc(-c4cccc(-c5cccc(-c6c7ccccc7c(-c7ccc8ccccc8c7)c7ccccc67)c5)c4)c3)c3ccccc23)cc1. The van der Waals surface area contributed by atoms with Gasteiger partial charge in [-0.05, 0) is 145 Å². The largest absolute Gasteiger partial charge is 0.0622 e. The van der Waals surface area contributed by atoms with Gasteiger partial charge in [0.05, 0.1) is 0 Å². The van der Waals surface area contributed by atoms with E-state index in [0.717, 1.165) is 0 Å². The van der Waals surface area contributed by atoms with E-state index in [1.165, 1.54) is 121 Å². The van der Waals surface area contributed by atoms with Gasteiger partial charge in [0.2, 0.25) is 0 Å². The van der Waals surface area contributed by atoms with E-state index in [2.05, 4.69) is 243 Å². The molecule has 0 bridgehead atoms. The van der Waals surface area contributed by atoms with E-state index in [0.29, 0.717) is 0 Å². The Kier molecular flexibility index (Phi) is 8.61. The number of benzene rings is 12. The lowest BCUT2D eigenvalue weighted by molar-refractivity contribution is 1.58. The van der Waals surface area contributed by atoms with E-state index in [1.807, 2.05) is 0 Å². The molecule has 12 rings (SSSR count). The molecule has 0 aliphatic carbocycles. The third-order valence-corrected chi connectivity index (χ3v) is 12.8. The van der Waals surface area contributed by atoms with Gasteiger partial charge in [0.1, 0.15) is 0 Å². The van der Waals surface area contributed by atoms with Crippen molar-refractivity contribution in [1.29, 1.82) is 0 Å². The second-order valence-corrected chi connectivity index (χ2v) is 16.4. The maximum Gasteiger partial charge on any atom is -0.00262 e. The molecule has 0 aromatic heterocycles. The van der Waals surface area contributed by atoms with Crippen LogP contribution in [0.25, 0.3) is 121 Å². The molecule has 0 aliphatic rings. The van der Waals surface area contributed by atoms with Crippen LogP contribution < -0.4 is 0 Å². The smallest absolute Gasteiger partial charge is 0.00262 e. The van der Waals surface area contributed by atoms with Crippen LogP contribution in [0.5, 0.6) is 0 Å². The van der Waals surface area contributed by atoms with Crippen molar-refractivity contribution in [1.82, 2.24) is 0 Å². The van der Waals surface area contributed by atoms with E-state index >= 15 is 0 Å². The standard InChI is InChI=1S/C62H40/c1-2-18-42(19-3-1)59-51-27-6-8-29-53(51)60(54-30-9-7-28-52(54)59)48-25-15-23-46(39-48)44-21-14-22-45(37-44)47-24-16-26-49(40-47)61-55-31-10-12-33-57(55)62(58-34-13-11-32-56(58)61)50-36-35-41-17-4-5-20-43(41)38-50/h1-40H. The summed E-state index contributed by atoms with van der Waals surface area (Å²) < 4.78 is 0. The van der Waals surface area contributed by atoms with Gasteiger partial charge in [-0.15, -0.1) is 0 Å². The molecule has 0 nitrogen and oxygen atoms in total. The Morgan fingerprint density at radius 3 is 0.823 bits per heavy atom. The van der Waals surface area contributed by atoms with Gasteiger partial charge in [0.15, 0.2) is 0 Å². The Morgan fingerprint density at radius 1 is 0.145 bits per heavy atom. The van der Waals surface area contributed by atoms with Crippen LogP contribution in [0.15, 0.2) is 243 Å². The summed E-state index contributed by atoms with van der Waals surface area (Å²) in [7, 11) is 0. The molecule has 0 N–H and O–H groups in total. The summed E-state index contributed by atoms with van der Waals surface area (Å²) in [6.07, 6.45) is 0. The maximum atomic E-state index is 2.38. The Morgan fingerprint density at radius 2 is 0.419 bits per heavy atom. The molecular weight excluding hydrogens is 745 g/mol. The number of hydrogen-bond donors (Lipinski definition) is 0. The number of rotatable bonds is 6. The van der Waals surface area contributed by atoms with Gasteiger partial charge in [0.25, 0.3) is 0 Å². The molecule has 288 valence electrons. The van der Waals surface area contributed by atoms with Gasteiger partial charge in [-0.3, -0.25) is 0 Å². The lowest BCUT2D eigenvalue weighted by Crippen LogP contribution is -1.91. The van der Waals surface area contributed by atoms with Crippen molar-refractivity contribution in [3.63, 3.8) is 0 Å². The highest BCUT2D eigenvalue weighted by atomic mass is 14.2. The van der Waals surface area contributed by atoms with Crippen molar-refractivity contribution in [3.8, 4) is 66.8 Å². The van der Waals surface area contributed by atoms with Crippen LogP contribution in [0, 0.1) is 0 Å². The third kappa shape index (κ3) is 5.99. The summed E-state index contributed by atoms with van der Waals surface area (Å²) in [6.45, 7) is 0. The van der Waals surface area contributed by atoms with E-state index in [9.17, 15) is 0 Å². The predicted molar refractivity (Wildman–Crippen MR) is 267 cm³/mol. The lowest BCUT2D eigenvalue weighted by atomic mass is 9.85. The fraction of sp³-hybridized carbons (Fsp3) is 0. The first-order valence-electron chi connectivity index (χ1n) is 21.5. The van der Waals surface area contributed by atoms with Crippen molar-refractivity contribution in [2.45, 2.75) is 0 Å². The molecule has 62 heavy (non-hydrogen) atoms. The fourth-order valence-electron chi connectivity index (χ4n) is 10.0. The first-order chi connectivity index (χ1) is 30.8. The van der Waals surface area contributed by atoms with Crippen LogP contribution in [0.4, 0.5) is 0 Å². The van der Waals surface area contributed by atoms with E-state index in [-0.39, 0.29) is 0 Å². The Labute approximate surface area is 361 Å². The Balaban J connectivity index is 0.973. The van der Waals surface area contributed by atoms with Gasteiger partial charge in [0, 0.05) is 0 Å². The first kappa shape index (κ1) is 35.8. The second kappa shape index (κ2) is 14.9. The van der Waals surface area contributed by atoms with Crippen LogP contribution in [-0.4, -0.2) is 0 Å². The minimum Gasteiger partial charge on any atom is -0.0622 e. The van der Waals surface area contributed by atoms with Gasteiger partial charge < -0.3 is 0 Å². The van der Waals surface area contributed by atoms with E-state index in [4.69, 9.17) is 0 Å². The second-order valence-electron chi connectivity index (χ2n) is 16.4. The van der Waals surface area contributed by atoms with Crippen LogP contribution in [0.2, 0.25) is 0 Å². The highest BCUT2D eigenvalue weighted by molar-refractivity contribution is 6.23.